The number of ether oxygens (including phenoxy) is 1. The Balaban J connectivity index is 2.26. The highest BCUT2D eigenvalue weighted by Crippen LogP contribution is 2.29. The molecule has 0 heterocycles. The fourth-order valence-corrected chi connectivity index (χ4v) is 2.28. The lowest BCUT2D eigenvalue weighted by Gasteiger charge is -2.10. The number of nitrogens with two attached hydrogens (primary N) is 1. The highest BCUT2D eigenvalue weighted by atomic mass is 79.9. The zero-order chi connectivity index (χ0) is 14.7. The zero-order valence-electron chi connectivity index (χ0n) is 10.6. The highest BCUT2D eigenvalue weighted by Gasteiger charge is 2.13. The lowest BCUT2D eigenvalue weighted by atomic mass is 10.2. The van der Waals surface area contributed by atoms with E-state index in [1.165, 1.54) is 0 Å². The first kappa shape index (κ1) is 14.7. The van der Waals surface area contributed by atoms with Crippen molar-refractivity contribution in [2.75, 3.05) is 18.2 Å². The summed E-state index contributed by atoms with van der Waals surface area (Å²) in [6.45, 7) is 0. The smallest absolute Gasteiger partial charge is 0.257 e. The average molecular weight is 356 g/mol. The van der Waals surface area contributed by atoms with Crippen LogP contribution < -0.4 is 15.8 Å². The summed E-state index contributed by atoms with van der Waals surface area (Å²) < 4.78 is 5.98. The molecule has 104 valence electrons. The summed E-state index contributed by atoms with van der Waals surface area (Å²) in [6, 6.07) is 10.2. The standard InChI is InChI=1S/C14H12BrClN2O2/c1-20-12-7-8(5-6-10(12)15)18-14(19)9-3-2-4-11(17)13(9)16/h2-7H,17H2,1H3,(H,18,19). The van der Waals surface area contributed by atoms with Gasteiger partial charge in [-0.1, -0.05) is 17.7 Å². The number of carbonyl (C=O) groups is 1. The van der Waals surface area contributed by atoms with Gasteiger partial charge in [0.1, 0.15) is 5.75 Å². The molecule has 1 amide bonds. The van der Waals surface area contributed by atoms with Crippen molar-refractivity contribution in [3.63, 3.8) is 0 Å². The number of carbonyl (C=O) groups excluding carboxylic acids is 1. The first-order valence-electron chi connectivity index (χ1n) is 5.72. The molecule has 0 spiro atoms. The molecule has 3 N–H and O–H groups in total. The van der Waals surface area contributed by atoms with Crippen LogP contribution >= 0.6 is 27.5 Å². The Morgan fingerprint density at radius 2 is 2.10 bits per heavy atom. The molecular weight excluding hydrogens is 344 g/mol. The van der Waals surface area contributed by atoms with Gasteiger partial charge in [0, 0.05) is 11.8 Å². The molecule has 0 aromatic heterocycles. The fraction of sp³-hybridized carbons (Fsp3) is 0.0714. The van der Waals surface area contributed by atoms with Crippen LogP contribution in [-0.4, -0.2) is 13.0 Å². The number of hydrogen-bond donors (Lipinski definition) is 2. The molecule has 0 aliphatic carbocycles. The normalized spacial score (nSPS) is 10.2. The second-order valence-corrected chi connectivity index (χ2v) is 5.24. The predicted molar refractivity (Wildman–Crippen MR) is 84.5 cm³/mol. The van der Waals surface area contributed by atoms with Crippen molar-refractivity contribution in [3.05, 3.63) is 51.5 Å². The van der Waals surface area contributed by atoms with E-state index in [-0.39, 0.29) is 10.9 Å². The Labute approximate surface area is 130 Å². The molecule has 0 bridgehead atoms. The summed E-state index contributed by atoms with van der Waals surface area (Å²) >= 11 is 9.37. The molecule has 0 saturated carbocycles. The summed E-state index contributed by atoms with van der Waals surface area (Å²) in [6.07, 6.45) is 0. The van der Waals surface area contributed by atoms with Gasteiger partial charge in [-0.2, -0.15) is 0 Å². The Bertz CT molecular complexity index is 662. The Kier molecular flexibility index (Phi) is 4.52. The van der Waals surface area contributed by atoms with Crippen LogP contribution in [0.2, 0.25) is 5.02 Å². The molecule has 2 aromatic carbocycles. The average Bonchev–Trinajstić information content (AvgIpc) is 2.43. The zero-order valence-corrected chi connectivity index (χ0v) is 13.0. The number of amides is 1. The first-order valence-corrected chi connectivity index (χ1v) is 6.89. The third-order valence-corrected chi connectivity index (χ3v) is 3.76. The van der Waals surface area contributed by atoms with E-state index in [0.717, 1.165) is 4.47 Å². The van der Waals surface area contributed by atoms with Crippen LogP contribution in [0.5, 0.6) is 5.75 Å². The van der Waals surface area contributed by atoms with E-state index in [0.29, 0.717) is 22.7 Å². The lowest BCUT2D eigenvalue weighted by Crippen LogP contribution is -2.13. The van der Waals surface area contributed by atoms with Crippen LogP contribution in [0.3, 0.4) is 0 Å². The number of nitrogens with one attached hydrogen (secondary N) is 1. The van der Waals surface area contributed by atoms with Crippen molar-refractivity contribution in [3.8, 4) is 5.75 Å². The third-order valence-electron chi connectivity index (χ3n) is 2.68. The molecule has 4 nitrogen and oxygen atoms in total. The molecule has 2 rings (SSSR count). The van der Waals surface area contributed by atoms with Gasteiger partial charge in [-0.3, -0.25) is 4.79 Å². The number of nitrogen functional groups attached to an aromatic ring is 1. The van der Waals surface area contributed by atoms with Crippen LogP contribution in [0.1, 0.15) is 10.4 Å². The minimum Gasteiger partial charge on any atom is -0.495 e. The third kappa shape index (κ3) is 3.05. The quantitative estimate of drug-likeness (QED) is 0.820. The monoisotopic (exact) mass is 354 g/mol. The maximum atomic E-state index is 12.2. The topological polar surface area (TPSA) is 64.3 Å². The summed E-state index contributed by atoms with van der Waals surface area (Å²) in [5.41, 5.74) is 6.98. The van der Waals surface area contributed by atoms with E-state index in [1.54, 1.807) is 43.5 Å². The molecule has 0 radical (unpaired) electrons. The van der Waals surface area contributed by atoms with E-state index in [2.05, 4.69) is 21.2 Å². The van der Waals surface area contributed by atoms with Gasteiger partial charge in [-0.05, 0) is 40.2 Å². The second kappa shape index (κ2) is 6.15. The molecule has 2 aromatic rings. The van der Waals surface area contributed by atoms with E-state index >= 15 is 0 Å². The molecule has 20 heavy (non-hydrogen) atoms. The molecule has 6 heteroatoms. The van der Waals surface area contributed by atoms with Crippen molar-refractivity contribution >= 4 is 44.8 Å². The van der Waals surface area contributed by atoms with Crippen LogP contribution in [-0.2, 0) is 0 Å². The van der Waals surface area contributed by atoms with Gasteiger partial charge in [-0.15, -0.1) is 0 Å². The summed E-state index contributed by atoms with van der Waals surface area (Å²) in [5, 5.41) is 2.99. The van der Waals surface area contributed by atoms with Gasteiger partial charge in [0.25, 0.3) is 5.91 Å². The van der Waals surface area contributed by atoms with Gasteiger partial charge in [-0.25, -0.2) is 0 Å². The molecule has 0 saturated heterocycles. The summed E-state index contributed by atoms with van der Waals surface area (Å²) in [5.74, 6) is 0.299. The number of anilines is 2. The molecule has 0 fully saturated rings. The summed E-state index contributed by atoms with van der Waals surface area (Å²) in [7, 11) is 1.56. The van der Waals surface area contributed by atoms with Crippen molar-refractivity contribution in [1.82, 2.24) is 0 Å². The minimum atomic E-state index is -0.327. The van der Waals surface area contributed by atoms with Gasteiger partial charge < -0.3 is 15.8 Å². The van der Waals surface area contributed by atoms with Gasteiger partial charge in [0.15, 0.2) is 0 Å². The maximum absolute atomic E-state index is 12.2. The number of benzene rings is 2. The molecule has 0 unspecified atom stereocenters. The minimum absolute atomic E-state index is 0.245. The molecule has 0 aliphatic heterocycles. The predicted octanol–water partition coefficient (Wildman–Crippen LogP) is 3.95. The van der Waals surface area contributed by atoms with Crippen LogP contribution in [0, 0.1) is 0 Å². The number of halogens is 2. The Morgan fingerprint density at radius 1 is 1.35 bits per heavy atom. The van der Waals surface area contributed by atoms with Crippen LogP contribution in [0.4, 0.5) is 11.4 Å². The van der Waals surface area contributed by atoms with Crippen LogP contribution in [0.25, 0.3) is 0 Å². The maximum Gasteiger partial charge on any atom is 0.257 e. The highest BCUT2D eigenvalue weighted by molar-refractivity contribution is 9.10. The Hall–Kier alpha value is -1.72. The molecular formula is C14H12BrClN2O2. The van der Waals surface area contributed by atoms with Crippen molar-refractivity contribution < 1.29 is 9.53 Å². The lowest BCUT2D eigenvalue weighted by molar-refractivity contribution is 0.102. The summed E-state index contributed by atoms with van der Waals surface area (Å²) in [4.78, 5) is 12.2. The number of rotatable bonds is 3. The van der Waals surface area contributed by atoms with Crippen molar-refractivity contribution in [2.45, 2.75) is 0 Å². The largest absolute Gasteiger partial charge is 0.495 e. The first-order chi connectivity index (χ1) is 9.52. The second-order valence-electron chi connectivity index (χ2n) is 4.01. The van der Waals surface area contributed by atoms with Gasteiger partial charge in [0.05, 0.1) is 27.9 Å². The fourth-order valence-electron chi connectivity index (χ4n) is 1.66. The van der Waals surface area contributed by atoms with E-state index in [1.807, 2.05) is 0 Å². The van der Waals surface area contributed by atoms with E-state index < -0.39 is 0 Å². The van der Waals surface area contributed by atoms with Crippen molar-refractivity contribution in [1.29, 1.82) is 0 Å². The number of hydrogen-bond acceptors (Lipinski definition) is 3. The Morgan fingerprint density at radius 3 is 2.80 bits per heavy atom. The van der Waals surface area contributed by atoms with Crippen molar-refractivity contribution in [2.24, 2.45) is 0 Å². The van der Waals surface area contributed by atoms with E-state index in [9.17, 15) is 4.79 Å². The van der Waals surface area contributed by atoms with Gasteiger partial charge >= 0.3 is 0 Å². The molecule has 0 atom stereocenters. The molecule has 0 aliphatic rings. The SMILES string of the molecule is COc1cc(NC(=O)c2cccc(N)c2Cl)ccc1Br. The number of methoxy groups -OCH3 is 1. The van der Waals surface area contributed by atoms with Gasteiger partial charge in [0.2, 0.25) is 0 Å². The van der Waals surface area contributed by atoms with Crippen LogP contribution in [0.15, 0.2) is 40.9 Å². The van der Waals surface area contributed by atoms with E-state index in [4.69, 9.17) is 22.1 Å².